The molecule has 0 unspecified atom stereocenters. The highest BCUT2D eigenvalue weighted by Crippen LogP contribution is 2.16. The lowest BCUT2D eigenvalue weighted by Gasteiger charge is -2.30. The van der Waals surface area contributed by atoms with Crippen LogP contribution in [0.5, 0.6) is 0 Å². The summed E-state index contributed by atoms with van der Waals surface area (Å²) in [6, 6.07) is 14.4. The SMILES string of the molecule is CC(C)N(CC(=O)N(Cc1ccco1)Cc1cccn1C)C(=O)Nc1ccc(Br)cc1. The van der Waals surface area contributed by atoms with Crippen LogP contribution < -0.4 is 5.32 Å². The first-order valence-corrected chi connectivity index (χ1v) is 10.9. The van der Waals surface area contributed by atoms with E-state index in [9.17, 15) is 9.59 Å². The summed E-state index contributed by atoms with van der Waals surface area (Å²) in [5.41, 5.74) is 1.66. The summed E-state index contributed by atoms with van der Waals surface area (Å²) in [6.45, 7) is 4.50. The number of hydrogen-bond donors (Lipinski definition) is 1. The Morgan fingerprint density at radius 3 is 2.42 bits per heavy atom. The molecule has 0 aliphatic carbocycles. The number of carbonyl (C=O) groups is 2. The molecule has 31 heavy (non-hydrogen) atoms. The molecule has 164 valence electrons. The lowest BCUT2D eigenvalue weighted by molar-refractivity contribution is -0.133. The highest BCUT2D eigenvalue weighted by Gasteiger charge is 2.25. The van der Waals surface area contributed by atoms with Gasteiger partial charge in [0.1, 0.15) is 12.3 Å². The third-order valence-corrected chi connectivity index (χ3v) is 5.50. The van der Waals surface area contributed by atoms with E-state index in [1.165, 1.54) is 4.90 Å². The maximum atomic E-state index is 13.3. The van der Waals surface area contributed by atoms with Crippen LogP contribution in [0.3, 0.4) is 0 Å². The molecule has 0 radical (unpaired) electrons. The molecule has 7 nitrogen and oxygen atoms in total. The Morgan fingerprint density at radius 1 is 1.10 bits per heavy atom. The van der Waals surface area contributed by atoms with Crippen LogP contribution in [0.1, 0.15) is 25.3 Å². The van der Waals surface area contributed by atoms with E-state index in [4.69, 9.17) is 4.42 Å². The fourth-order valence-electron chi connectivity index (χ4n) is 3.14. The number of carbonyl (C=O) groups excluding carboxylic acids is 2. The predicted octanol–water partition coefficient (Wildman–Crippen LogP) is 4.85. The Balaban J connectivity index is 1.73. The Bertz CT molecular complexity index is 996. The molecule has 0 aliphatic heterocycles. The number of nitrogens with one attached hydrogen (secondary N) is 1. The number of hydrogen-bond acceptors (Lipinski definition) is 3. The minimum atomic E-state index is -0.317. The lowest BCUT2D eigenvalue weighted by atomic mass is 10.2. The van der Waals surface area contributed by atoms with Crippen molar-refractivity contribution in [2.75, 3.05) is 11.9 Å². The molecule has 2 aromatic heterocycles. The van der Waals surface area contributed by atoms with Gasteiger partial charge in [0.15, 0.2) is 0 Å². The van der Waals surface area contributed by atoms with Crippen LogP contribution in [-0.4, -0.2) is 38.9 Å². The highest BCUT2D eigenvalue weighted by molar-refractivity contribution is 9.10. The van der Waals surface area contributed by atoms with E-state index < -0.39 is 0 Å². The Morgan fingerprint density at radius 2 is 1.84 bits per heavy atom. The molecule has 3 amide bonds. The average molecular weight is 487 g/mol. The number of rotatable bonds is 8. The van der Waals surface area contributed by atoms with Crippen LogP contribution >= 0.6 is 15.9 Å². The van der Waals surface area contributed by atoms with Crippen LogP contribution in [0, 0.1) is 0 Å². The normalized spacial score (nSPS) is 10.9. The minimum absolute atomic E-state index is 0.0365. The number of urea groups is 1. The van der Waals surface area contributed by atoms with Crippen LogP contribution in [0.25, 0.3) is 0 Å². The van der Waals surface area contributed by atoms with Crippen LogP contribution in [0.2, 0.25) is 0 Å². The summed E-state index contributed by atoms with van der Waals surface area (Å²) >= 11 is 3.38. The number of furan rings is 1. The van der Waals surface area contributed by atoms with Gasteiger partial charge in [0.2, 0.25) is 5.91 Å². The number of amides is 3. The summed E-state index contributed by atoms with van der Waals surface area (Å²) < 4.78 is 8.36. The number of nitrogens with zero attached hydrogens (tertiary/aromatic N) is 3. The van der Waals surface area contributed by atoms with Gasteiger partial charge in [-0.15, -0.1) is 0 Å². The average Bonchev–Trinajstić information content (AvgIpc) is 3.39. The molecule has 0 spiro atoms. The van der Waals surface area contributed by atoms with E-state index >= 15 is 0 Å². The fourth-order valence-corrected chi connectivity index (χ4v) is 3.41. The van der Waals surface area contributed by atoms with Gasteiger partial charge in [-0.3, -0.25) is 4.79 Å². The van der Waals surface area contributed by atoms with Crippen molar-refractivity contribution >= 4 is 33.6 Å². The van der Waals surface area contributed by atoms with Gasteiger partial charge in [0, 0.05) is 35.1 Å². The van der Waals surface area contributed by atoms with E-state index in [1.54, 1.807) is 29.4 Å². The second kappa shape index (κ2) is 10.3. The first kappa shape index (κ1) is 22.7. The molecular weight excluding hydrogens is 460 g/mol. The van der Waals surface area contributed by atoms with E-state index in [1.807, 2.05) is 62.0 Å². The largest absolute Gasteiger partial charge is 0.467 e. The van der Waals surface area contributed by atoms with Crippen molar-refractivity contribution in [1.82, 2.24) is 14.4 Å². The van der Waals surface area contributed by atoms with Gasteiger partial charge in [0.05, 0.1) is 19.4 Å². The zero-order chi connectivity index (χ0) is 22.4. The van der Waals surface area contributed by atoms with Gasteiger partial charge in [-0.1, -0.05) is 15.9 Å². The second-order valence-corrected chi connectivity index (χ2v) is 8.51. The molecule has 3 aromatic rings. The standard InChI is InChI=1S/C23H27BrN4O3/c1-17(2)28(23(30)25-19-10-8-18(24)9-11-19)16-22(29)27(15-21-7-5-13-31-21)14-20-6-4-12-26(20)3/h4-13,17H,14-16H2,1-3H3,(H,25,30). The van der Waals surface area contributed by atoms with E-state index in [0.29, 0.717) is 24.5 Å². The number of aromatic nitrogens is 1. The van der Waals surface area contributed by atoms with Crippen molar-refractivity contribution in [1.29, 1.82) is 0 Å². The first-order chi connectivity index (χ1) is 14.8. The molecule has 2 heterocycles. The van der Waals surface area contributed by atoms with Crippen LogP contribution in [-0.2, 0) is 24.9 Å². The quantitative estimate of drug-likeness (QED) is 0.494. The van der Waals surface area contributed by atoms with Crippen molar-refractivity contribution in [2.45, 2.75) is 33.0 Å². The van der Waals surface area contributed by atoms with Crippen molar-refractivity contribution in [3.8, 4) is 0 Å². The molecule has 0 saturated carbocycles. The smallest absolute Gasteiger partial charge is 0.322 e. The molecule has 0 bridgehead atoms. The maximum absolute atomic E-state index is 13.3. The monoisotopic (exact) mass is 486 g/mol. The molecule has 1 N–H and O–H groups in total. The van der Waals surface area contributed by atoms with Gasteiger partial charge in [0.25, 0.3) is 0 Å². The molecule has 0 atom stereocenters. The highest BCUT2D eigenvalue weighted by atomic mass is 79.9. The van der Waals surface area contributed by atoms with Crippen molar-refractivity contribution in [3.05, 3.63) is 76.9 Å². The number of halogens is 1. The predicted molar refractivity (Wildman–Crippen MR) is 123 cm³/mol. The first-order valence-electron chi connectivity index (χ1n) is 10.1. The van der Waals surface area contributed by atoms with Gasteiger partial charge in [-0.2, -0.15) is 0 Å². The molecule has 3 rings (SSSR count). The molecule has 0 fully saturated rings. The molecule has 1 aromatic carbocycles. The lowest BCUT2D eigenvalue weighted by Crippen LogP contribution is -2.47. The Kier molecular flexibility index (Phi) is 7.57. The topological polar surface area (TPSA) is 70.7 Å². The summed E-state index contributed by atoms with van der Waals surface area (Å²) in [5.74, 6) is 0.537. The second-order valence-electron chi connectivity index (χ2n) is 7.60. The van der Waals surface area contributed by atoms with Crippen molar-refractivity contribution in [2.24, 2.45) is 7.05 Å². The fraction of sp³-hybridized carbons (Fsp3) is 0.304. The Hall–Kier alpha value is -3.00. The number of anilines is 1. The van der Waals surface area contributed by atoms with Gasteiger partial charge >= 0.3 is 6.03 Å². The van der Waals surface area contributed by atoms with Crippen molar-refractivity contribution in [3.63, 3.8) is 0 Å². The number of benzene rings is 1. The zero-order valence-electron chi connectivity index (χ0n) is 17.9. The van der Waals surface area contributed by atoms with Gasteiger partial charge < -0.3 is 24.1 Å². The third-order valence-electron chi connectivity index (χ3n) is 4.97. The molecule has 0 aliphatic rings. The number of aryl methyl sites for hydroxylation is 1. The van der Waals surface area contributed by atoms with Crippen LogP contribution in [0.4, 0.5) is 10.5 Å². The zero-order valence-corrected chi connectivity index (χ0v) is 19.5. The minimum Gasteiger partial charge on any atom is -0.467 e. The van der Waals surface area contributed by atoms with Crippen LogP contribution in [0.15, 0.2) is 69.9 Å². The van der Waals surface area contributed by atoms with E-state index in [-0.39, 0.29) is 24.5 Å². The maximum Gasteiger partial charge on any atom is 0.322 e. The summed E-state index contributed by atoms with van der Waals surface area (Å²) in [4.78, 5) is 29.4. The van der Waals surface area contributed by atoms with Crippen molar-refractivity contribution < 1.29 is 14.0 Å². The summed E-state index contributed by atoms with van der Waals surface area (Å²) in [7, 11) is 1.94. The van der Waals surface area contributed by atoms with Gasteiger partial charge in [-0.05, 0) is 62.4 Å². The Labute approximate surface area is 190 Å². The summed E-state index contributed by atoms with van der Waals surface area (Å²) in [5, 5.41) is 2.87. The molecule has 8 heteroatoms. The molecular formula is C23H27BrN4O3. The third kappa shape index (κ3) is 6.24. The van der Waals surface area contributed by atoms with E-state index in [2.05, 4.69) is 21.2 Å². The summed E-state index contributed by atoms with van der Waals surface area (Å²) in [6.07, 6.45) is 3.53. The van der Waals surface area contributed by atoms with Gasteiger partial charge in [-0.25, -0.2) is 4.79 Å². The van der Waals surface area contributed by atoms with E-state index in [0.717, 1.165) is 10.2 Å². The molecule has 0 saturated heterocycles.